The quantitative estimate of drug-likeness (QED) is 0.611. The third-order valence-electron chi connectivity index (χ3n) is 4.36. The van der Waals surface area contributed by atoms with Crippen molar-refractivity contribution in [2.24, 2.45) is 13.0 Å². The first-order chi connectivity index (χ1) is 11.1. The Morgan fingerprint density at radius 3 is 3.09 bits per heavy atom. The number of methoxy groups -OCH3 is 1. The third kappa shape index (κ3) is 3.45. The van der Waals surface area contributed by atoms with Gasteiger partial charge in [-0.2, -0.15) is 0 Å². The molecular weight excluding hydrogens is 330 g/mol. The lowest BCUT2D eigenvalue weighted by Gasteiger charge is -2.19. The van der Waals surface area contributed by atoms with E-state index in [2.05, 4.69) is 27.9 Å². The smallest absolute Gasteiger partial charge is 0.316 e. The van der Waals surface area contributed by atoms with Gasteiger partial charge in [-0.1, -0.05) is 25.1 Å². The summed E-state index contributed by atoms with van der Waals surface area (Å²) in [4.78, 5) is 13.9. The molecule has 124 valence electrons. The summed E-state index contributed by atoms with van der Waals surface area (Å²) in [5.74, 6) is 1.69. The van der Waals surface area contributed by atoms with Crippen molar-refractivity contribution < 1.29 is 9.53 Å². The number of fused-ring (bicyclic) bond motifs is 1. The predicted molar refractivity (Wildman–Crippen MR) is 92.9 cm³/mol. The van der Waals surface area contributed by atoms with Crippen LogP contribution in [0.4, 0.5) is 0 Å². The molecule has 0 unspecified atom stereocenters. The molecule has 2 heterocycles. The van der Waals surface area contributed by atoms with E-state index in [1.54, 1.807) is 0 Å². The number of aromatic nitrogens is 3. The van der Waals surface area contributed by atoms with Crippen molar-refractivity contribution >= 4 is 29.1 Å². The van der Waals surface area contributed by atoms with Gasteiger partial charge >= 0.3 is 5.97 Å². The molecule has 0 amide bonds. The molecule has 23 heavy (non-hydrogen) atoms. The van der Waals surface area contributed by atoms with Crippen LogP contribution in [-0.2, 0) is 29.4 Å². The Kier molecular flexibility index (Phi) is 5.06. The van der Waals surface area contributed by atoms with E-state index in [9.17, 15) is 4.79 Å². The molecular formula is C16H21N3O2S2. The van der Waals surface area contributed by atoms with Gasteiger partial charge in [0.2, 0.25) is 0 Å². The van der Waals surface area contributed by atoms with Crippen molar-refractivity contribution in [2.75, 3.05) is 12.9 Å². The van der Waals surface area contributed by atoms with Crippen LogP contribution in [0.3, 0.4) is 0 Å². The van der Waals surface area contributed by atoms with Gasteiger partial charge in [0.1, 0.15) is 0 Å². The van der Waals surface area contributed by atoms with Crippen molar-refractivity contribution in [3.05, 3.63) is 16.5 Å². The standard InChI is InChI=1S/C16H21N3O2S2/c1-4-10-5-6-12-11(7-10)8-13(23-12)15-17-18-16(19(15)2)22-9-14(20)21-3/h8,10H,4-7,9H2,1-3H3/t10-/m1/s1. The van der Waals surface area contributed by atoms with E-state index in [0.717, 1.165) is 16.9 Å². The number of carbonyl (C=O) groups is 1. The van der Waals surface area contributed by atoms with Crippen molar-refractivity contribution in [2.45, 2.75) is 37.8 Å². The van der Waals surface area contributed by atoms with E-state index in [4.69, 9.17) is 0 Å². The zero-order valence-corrected chi connectivity index (χ0v) is 15.3. The maximum Gasteiger partial charge on any atom is 0.316 e. The zero-order chi connectivity index (χ0) is 16.4. The first-order valence-corrected chi connectivity index (χ1v) is 9.63. The van der Waals surface area contributed by atoms with Crippen LogP contribution >= 0.6 is 23.1 Å². The Bertz CT molecular complexity index is 708. The van der Waals surface area contributed by atoms with Crippen LogP contribution in [0.15, 0.2) is 11.2 Å². The van der Waals surface area contributed by atoms with Gasteiger partial charge in [-0.3, -0.25) is 4.79 Å². The summed E-state index contributed by atoms with van der Waals surface area (Å²) in [6.07, 6.45) is 4.91. The molecule has 0 aliphatic heterocycles. The minimum absolute atomic E-state index is 0.252. The number of aryl methyl sites for hydroxylation is 1. The maximum absolute atomic E-state index is 11.3. The summed E-state index contributed by atoms with van der Waals surface area (Å²) in [6.45, 7) is 2.27. The van der Waals surface area contributed by atoms with Crippen LogP contribution in [0.1, 0.15) is 30.2 Å². The van der Waals surface area contributed by atoms with E-state index in [1.165, 1.54) is 59.9 Å². The predicted octanol–water partition coefficient (Wildman–Crippen LogP) is 3.32. The van der Waals surface area contributed by atoms with Crippen LogP contribution in [0.5, 0.6) is 0 Å². The maximum atomic E-state index is 11.3. The van der Waals surface area contributed by atoms with Gasteiger partial charge in [0, 0.05) is 11.9 Å². The second-order valence-corrected chi connectivity index (χ2v) is 7.89. The van der Waals surface area contributed by atoms with Crippen molar-refractivity contribution in [3.63, 3.8) is 0 Å². The third-order valence-corrected chi connectivity index (χ3v) is 6.59. The molecule has 7 heteroatoms. The molecule has 0 radical (unpaired) electrons. The van der Waals surface area contributed by atoms with Crippen molar-refractivity contribution in [3.8, 4) is 10.7 Å². The number of esters is 1. The van der Waals surface area contributed by atoms with Crippen LogP contribution in [0, 0.1) is 5.92 Å². The van der Waals surface area contributed by atoms with Gasteiger partial charge in [0.15, 0.2) is 11.0 Å². The Labute approximate surface area is 144 Å². The zero-order valence-electron chi connectivity index (χ0n) is 13.7. The minimum Gasteiger partial charge on any atom is -0.468 e. The Morgan fingerprint density at radius 2 is 2.35 bits per heavy atom. The molecule has 0 N–H and O–H groups in total. The highest BCUT2D eigenvalue weighted by atomic mass is 32.2. The highest BCUT2D eigenvalue weighted by Gasteiger charge is 2.22. The second kappa shape index (κ2) is 7.05. The topological polar surface area (TPSA) is 57.0 Å². The summed E-state index contributed by atoms with van der Waals surface area (Å²) in [6, 6.07) is 2.28. The first-order valence-electron chi connectivity index (χ1n) is 7.83. The molecule has 2 aromatic rings. The van der Waals surface area contributed by atoms with Crippen molar-refractivity contribution in [1.29, 1.82) is 0 Å². The van der Waals surface area contributed by atoms with Gasteiger partial charge in [-0.05, 0) is 36.8 Å². The Morgan fingerprint density at radius 1 is 1.52 bits per heavy atom. The minimum atomic E-state index is -0.253. The average Bonchev–Trinajstić information content (AvgIpc) is 3.14. The lowest BCUT2D eigenvalue weighted by Crippen LogP contribution is -2.10. The van der Waals surface area contributed by atoms with E-state index in [1.807, 2.05) is 23.0 Å². The highest BCUT2D eigenvalue weighted by Crippen LogP contribution is 2.37. The summed E-state index contributed by atoms with van der Waals surface area (Å²) in [5, 5.41) is 9.27. The number of thiophene rings is 1. The molecule has 1 atom stereocenters. The first kappa shape index (κ1) is 16.5. The normalized spacial score (nSPS) is 17.1. The fraction of sp³-hybridized carbons (Fsp3) is 0.562. The number of hydrogen-bond acceptors (Lipinski definition) is 6. The van der Waals surface area contributed by atoms with Crippen LogP contribution in [0.25, 0.3) is 10.7 Å². The van der Waals surface area contributed by atoms with Gasteiger partial charge in [-0.25, -0.2) is 0 Å². The summed E-state index contributed by atoms with van der Waals surface area (Å²) in [5.41, 5.74) is 1.48. The lowest BCUT2D eigenvalue weighted by molar-refractivity contribution is -0.137. The number of rotatable bonds is 5. The molecule has 0 fully saturated rings. The number of hydrogen-bond donors (Lipinski definition) is 0. The van der Waals surface area contributed by atoms with Gasteiger partial charge < -0.3 is 9.30 Å². The number of nitrogens with zero attached hydrogens (tertiary/aromatic N) is 3. The number of ether oxygens (including phenoxy) is 1. The highest BCUT2D eigenvalue weighted by molar-refractivity contribution is 7.99. The van der Waals surface area contributed by atoms with E-state index >= 15 is 0 Å². The fourth-order valence-electron chi connectivity index (χ4n) is 2.90. The molecule has 0 bridgehead atoms. The van der Waals surface area contributed by atoms with Gasteiger partial charge in [0.25, 0.3) is 0 Å². The molecule has 0 aromatic carbocycles. The second-order valence-electron chi connectivity index (χ2n) is 5.81. The monoisotopic (exact) mass is 351 g/mol. The summed E-state index contributed by atoms with van der Waals surface area (Å²) >= 11 is 3.19. The van der Waals surface area contributed by atoms with Crippen molar-refractivity contribution in [1.82, 2.24) is 14.8 Å². The molecule has 0 saturated heterocycles. The van der Waals surface area contributed by atoms with Gasteiger partial charge in [0.05, 0.1) is 17.7 Å². The molecule has 2 aromatic heterocycles. The molecule has 5 nitrogen and oxygen atoms in total. The largest absolute Gasteiger partial charge is 0.468 e. The van der Waals surface area contributed by atoms with E-state index in [-0.39, 0.29) is 11.7 Å². The van der Waals surface area contributed by atoms with E-state index in [0.29, 0.717) is 0 Å². The molecule has 1 aliphatic rings. The fourth-order valence-corrected chi connectivity index (χ4v) is 4.87. The molecule has 3 rings (SSSR count). The van der Waals surface area contributed by atoms with Crippen LogP contribution in [-0.4, -0.2) is 33.6 Å². The number of thioether (sulfide) groups is 1. The van der Waals surface area contributed by atoms with Crippen LogP contribution < -0.4 is 0 Å². The Hall–Kier alpha value is -1.34. The lowest BCUT2D eigenvalue weighted by atomic mass is 9.87. The summed E-state index contributed by atoms with van der Waals surface area (Å²) in [7, 11) is 3.34. The molecule has 1 aliphatic carbocycles. The Balaban J connectivity index is 1.79. The van der Waals surface area contributed by atoms with Crippen LogP contribution in [0.2, 0.25) is 0 Å². The van der Waals surface area contributed by atoms with E-state index < -0.39 is 0 Å². The summed E-state index contributed by atoms with van der Waals surface area (Å²) < 4.78 is 6.62. The number of carbonyl (C=O) groups excluding carboxylic acids is 1. The molecule has 0 spiro atoms. The average molecular weight is 351 g/mol. The van der Waals surface area contributed by atoms with Gasteiger partial charge in [-0.15, -0.1) is 21.5 Å². The molecule has 0 saturated carbocycles. The SMILES string of the molecule is CC[C@@H]1CCc2sc(-c3nnc(SCC(=O)OC)n3C)cc2C1.